The lowest BCUT2D eigenvalue weighted by Gasteiger charge is -2.15. The number of likely N-dealkylation sites (N-methyl/N-ethyl adjacent to an activating group) is 1. The number of nitrogens with two attached hydrogens (primary N) is 1. The number of nitrogens with zero attached hydrogens (tertiary/aromatic N) is 3. The van der Waals surface area contributed by atoms with Crippen molar-refractivity contribution in [2.45, 2.75) is 12.5 Å². The second kappa shape index (κ2) is 5.36. The molecule has 0 bridgehead atoms. The third-order valence-corrected chi connectivity index (χ3v) is 2.60. The van der Waals surface area contributed by atoms with Crippen molar-refractivity contribution in [3.8, 4) is 0 Å². The van der Waals surface area contributed by atoms with E-state index < -0.39 is 0 Å². The van der Waals surface area contributed by atoms with Gasteiger partial charge in [-0.3, -0.25) is 0 Å². The highest BCUT2D eigenvalue weighted by atomic mass is 15.0. The summed E-state index contributed by atoms with van der Waals surface area (Å²) < 4.78 is 0. The fraction of sp³-hybridized carbons (Fsp3) is 0.250. The van der Waals surface area contributed by atoms with Crippen molar-refractivity contribution < 1.29 is 0 Å². The van der Waals surface area contributed by atoms with Crippen molar-refractivity contribution in [2.75, 3.05) is 12.8 Å². The number of rotatable bonds is 4. The molecule has 2 heterocycles. The predicted octanol–water partition coefficient (Wildman–Crippen LogP) is 0.957. The highest BCUT2D eigenvalue weighted by Gasteiger charge is 2.14. The largest absolute Gasteiger partial charge is 0.383 e. The van der Waals surface area contributed by atoms with E-state index in [2.05, 4.69) is 20.3 Å². The highest BCUT2D eigenvalue weighted by Crippen LogP contribution is 2.17. The predicted molar refractivity (Wildman–Crippen MR) is 66.2 cm³/mol. The van der Waals surface area contributed by atoms with Crippen LogP contribution in [0.15, 0.2) is 36.8 Å². The van der Waals surface area contributed by atoms with Crippen LogP contribution in [-0.2, 0) is 6.42 Å². The van der Waals surface area contributed by atoms with Crippen LogP contribution in [0.4, 0.5) is 5.82 Å². The summed E-state index contributed by atoms with van der Waals surface area (Å²) in [6.07, 6.45) is 5.88. The molecular formula is C12H15N5. The quantitative estimate of drug-likeness (QED) is 0.816. The van der Waals surface area contributed by atoms with Gasteiger partial charge < -0.3 is 11.1 Å². The van der Waals surface area contributed by atoms with Gasteiger partial charge in [0.2, 0.25) is 0 Å². The smallest absolute Gasteiger partial charge is 0.145 e. The second-order valence-corrected chi connectivity index (χ2v) is 3.70. The lowest BCUT2D eigenvalue weighted by atomic mass is 10.1. The highest BCUT2D eigenvalue weighted by molar-refractivity contribution is 5.39. The summed E-state index contributed by atoms with van der Waals surface area (Å²) in [5.41, 5.74) is 6.82. The Balaban J connectivity index is 2.19. The van der Waals surface area contributed by atoms with E-state index >= 15 is 0 Å². The number of aromatic nitrogens is 3. The van der Waals surface area contributed by atoms with Crippen molar-refractivity contribution in [3.63, 3.8) is 0 Å². The Kier molecular flexibility index (Phi) is 3.62. The van der Waals surface area contributed by atoms with Crippen molar-refractivity contribution in [1.29, 1.82) is 0 Å². The first-order chi connectivity index (χ1) is 8.31. The molecule has 0 aliphatic carbocycles. The number of hydrogen-bond acceptors (Lipinski definition) is 5. The van der Waals surface area contributed by atoms with Gasteiger partial charge in [0.05, 0.1) is 6.04 Å². The van der Waals surface area contributed by atoms with Crippen LogP contribution in [0.2, 0.25) is 0 Å². The molecule has 0 radical (unpaired) electrons. The Bertz CT molecular complexity index is 471. The Hall–Kier alpha value is -2.01. The third-order valence-electron chi connectivity index (χ3n) is 2.60. The van der Waals surface area contributed by atoms with Crippen LogP contribution in [0.1, 0.15) is 17.4 Å². The zero-order valence-corrected chi connectivity index (χ0v) is 9.67. The summed E-state index contributed by atoms with van der Waals surface area (Å²) in [5.74, 6) is 1.32. The molecule has 0 fully saturated rings. The number of nitrogens with one attached hydrogen (secondary N) is 1. The third kappa shape index (κ3) is 2.76. The van der Waals surface area contributed by atoms with Gasteiger partial charge >= 0.3 is 0 Å². The molecular weight excluding hydrogens is 214 g/mol. The maximum atomic E-state index is 5.82. The molecule has 17 heavy (non-hydrogen) atoms. The van der Waals surface area contributed by atoms with E-state index in [0.29, 0.717) is 5.82 Å². The van der Waals surface area contributed by atoms with Gasteiger partial charge in [0.15, 0.2) is 0 Å². The first-order valence-corrected chi connectivity index (χ1v) is 5.45. The lowest BCUT2D eigenvalue weighted by Crippen LogP contribution is -2.21. The summed E-state index contributed by atoms with van der Waals surface area (Å²) in [7, 11) is 1.88. The molecule has 88 valence electrons. The van der Waals surface area contributed by atoms with Crippen LogP contribution in [0, 0.1) is 0 Å². The minimum absolute atomic E-state index is 0.0442. The summed E-state index contributed by atoms with van der Waals surface area (Å²) in [5, 5.41) is 3.19. The van der Waals surface area contributed by atoms with Crippen molar-refractivity contribution in [2.24, 2.45) is 0 Å². The fourth-order valence-electron chi connectivity index (χ4n) is 1.66. The van der Waals surface area contributed by atoms with Gasteiger partial charge in [-0.1, -0.05) is 6.07 Å². The zero-order chi connectivity index (χ0) is 12.1. The van der Waals surface area contributed by atoms with E-state index in [1.165, 1.54) is 0 Å². The molecule has 0 aromatic carbocycles. The molecule has 0 spiro atoms. The van der Waals surface area contributed by atoms with Crippen LogP contribution in [0.3, 0.4) is 0 Å². The van der Waals surface area contributed by atoms with Crippen LogP contribution in [0.5, 0.6) is 0 Å². The van der Waals surface area contributed by atoms with Crippen molar-refractivity contribution in [3.05, 3.63) is 48.2 Å². The molecule has 3 N–H and O–H groups in total. The molecule has 1 unspecified atom stereocenters. The first kappa shape index (κ1) is 11.5. The van der Waals surface area contributed by atoms with E-state index in [0.717, 1.165) is 17.8 Å². The number of pyridine rings is 1. The van der Waals surface area contributed by atoms with E-state index in [1.807, 2.05) is 19.2 Å². The maximum Gasteiger partial charge on any atom is 0.145 e. The monoisotopic (exact) mass is 229 g/mol. The van der Waals surface area contributed by atoms with E-state index in [1.54, 1.807) is 24.7 Å². The normalized spacial score (nSPS) is 12.3. The maximum absolute atomic E-state index is 5.82. The van der Waals surface area contributed by atoms with Gasteiger partial charge in [-0.15, -0.1) is 0 Å². The topological polar surface area (TPSA) is 76.7 Å². The van der Waals surface area contributed by atoms with Crippen LogP contribution >= 0.6 is 0 Å². The molecule has 0 aliphatic heterocycles. The van der Waals surface area contributed by atoms with Gasteiger partial charge in [-0.2, -0.15) is 0 Å². The SMILES string of the molecule is CNC(Cc1cccnc1N)c1ncccn1. The van der Waals surface area contributed by atoms with Crippen LogP contribution in [-0.4, -0.2) is 22.0 Å². The van der Waals surface area contributed by atoms with Gasteiger partial charge in [-0.25, -0.2) is 15.0 Å². The van der Waals surface area contributed by atoms with Gasteiger partial charge in [-0.05, 0) is 31.2 Å². The molecule has 5 nitrogen and oxygen atoms in total. The summed E-state index contributed by atoms with van der Waals surface area (Å²) in [4.78, 5) is 12.6. The van der Waals surface area contributed by atoms with Crippen LogP contribution < -0.4 is 11.1 Å². The first-order valence-electron chi connectivity index (χ1n) is 5.45. The van der Waals surface area contributed by atoms with Crippen LogP contribution in [0.25, 0.3) is 0 Å². The molecule has 1 atom stereocenters. The Labute approximate surface area is 100 Å². The van der Waals surface area contributed by atoms with Gasteiger partial charge in [0.25, 0.3) is 0 Å². The molecule has 2 aromatic rings. The average Bonchev–Trinajstić information content (AvgIpc) is 2.39. The lowest BCUT2D eigenvalue weighted by molar-refractivity contribution is 0.557. The van der Waals surface area contributed by atoms with Gasteiger partial charge in [0.1, 0.15) is 11.6 Å². The number of anilines is 1. The van der Waals surface area contributed by atoms with Crippen molar-refractivity contribution in [1.82, 2.24) is 20.3 Å². The molecule has 0 aliphatic rings. The zero-order valence-electron chi connectivity index (χ0n) is 9.67. The summed E-state index contributed by atoms with van der Waals surface area (Å²) >= 11 is 0. The van der Waals surface area contributed by atoms with E-state index in [4.69, 9.17) is 5.73 Å². The number of nitrogen functional groups attached to an aromatic ring is 1. The molecule has 0 saturated heterocycles. The van der Waals surface area contributed by atoms with E-state index in [-0.39, 0.29) is 6.04 Å². The van der Waals surface area contributed by atoms with Gasteiger partial charge in [0, 0.05) is 18.6 Å². The standard InChI is InChI=1S/C12H15N5/c1-14-10(12-16-6-3-7-17-12)8-9-4-2-5-15-11(9)13/h2-7,10,14H,8H2,1H3,(H2,13,15). The summed E-state index contributed by atoms with van der Waals surface area (Å²) in [6.45, 7) is 0. The minimum atomic E-state index is 0.0442. The summed E-state index contributed by atoms with van der Waals surface area (Å²) in [6, 6.07) is 5.69. The Morgan fingerprint density at radius 2 is 1.88 bits per heavy atom. The fourth-order valence-corrected chi connectivity index (χ4v) is 1.66. The Morgan fingerprint density at radius 1 is 1.18 bits per heavy atom. The molecule has 0 amide bonds. The average molecular weight is 229 g/mol. The second-order valence-electron chi connectivity index (χ2n) is 3.70. The molecule has 0 saturated carbocycles. The van der Waals surface area contributed by atoms with Crippen molar-refractivity contribution >= 4 is 5.82 Å². The minimum Gasteiger partial charge on any atom is -0.383 e. The molecule has 5 heteroatoms. The number of hydrogen-bond donors (Lipinski definition) is 2. The molecule has 2 aromatic heterocycles. The van der Waals surface area contributed by atoms with E-state index in [9.17, 15) is 0 Å². The molecule has 2 rings (SSSR count). The Morgan fingerprint density at radius 3 is 2.53 bits per heavy atom.